The maximum absolute atomic E-state index is 12.3. The van der Waals surface area contributed by atoms with Crippen molar-refractivity contribution in [1.29, 1.82) is 0 Å². The molecule has 0 radical (unpaired) electrons. The van der Waals surface area contributed by atoms with Gasteiger partial charge in [-0.1, -0.05) is 27.5 Å². The van der Waals surface area contributed by atoms with Gasteiger partial charge < -0.3 is 15.2 Å². The molecule has 5 nitrogen and oxygen atoms in total. The number of amides is 1. The van der Waals surface area contributed by atoms with E-state index < -0.39 is 31.2 Å². The number of halogens is 3. The van der Waals surface area contributed by atoms with Crippen molar-refractivity contribution >= 4 is 39.4 Å². The number of aliphatic carboxylic acids is 1. The Hall–Kier alpha value is -1.34. The van der Waals surface area contributed by atoms with Gasteiger partial charge in [-0.2, -0.15) is 0 Å². The molecule has 2 N–H and O–H groups in total. The predicted molar refractivity (Wildman–Crippen MR) is 70.2 cm³/mol. The second-order valence-corrected chi connectivity index (χ2v) is 4.80. The van der Waals surface area contributed by atoms with Crippen LogP contribution in [0.3, 0.4) is 0 Å². The van der Waals surface area contributed by atoms with Crippen LogP contribution in [0.4, 0.5) is 4.39 Å². The Morgan fingerprint density at radius 2 is 2.21 bits per heavy atom. The summed E-state index contributed by atoms with van der Waals surface area (Å²) in [6, 6.07) is 3.22. The van der Waals surface area contributed by atoms with Gasteiger partial charge in [0.2, 0.25) is 0 Å². The molecule has 1 amide bonds. The van der Waals surface area contributed by atoms with Crippen molar-refractivity contribution in [2.24, 2.45) is 0 Å². The van der Waals surface area contributed by atoms with Crippen molar-refractivity contribution in [1.82, 2.24) is 5.32 Å². The lowest BCUT2D eigenvalue weighted by Gasteiger charge is -2.12. The second kappa shape index (κ2) is 7.30. The number of carboxylic acids is 1. The number of hydrogen-bond donors (Lipinski definition) is 2. The van der Waals surface area contributed by atoms with E-state index in [1.807, 2.05) is 5.32 Å². The van der Waals surface area contributed by atoms with Crippen molar-refractivity contribution < 1.29 is 23.8 Å². The number of alkyl halides is 1. The molecule has 0 aromatic heterocycles. The minimum Gasteiger partial charge on any atom is -0.482 e. The van der Waals surface area contributed by atoms with E-state index in [4.69, 9.17) is 21.4 Å². The summed E-state index contributed by atoms with van der Waals surface area (Å²) in [6.45, 7) is -1.65. The fourth-order valence-electron chi connectivity index (χ4n) is 1.14. The number of nitrogens with one attached hydrogen (secondary N) is 1. The quantitative estimate of drug-likeness (QED) is 0.819. The van der Waals surface area contributed by atoms with Crippen LogP contribution in [0, 0.1) is 0 Å². The molecule has 0 fully saturated rings. The van der Waals surface area contributed by atoms with Gasteiger partial charge in [-0.15, -0.1) is 0 Å². The first-order chi connectivity index (χ1) is 8.93. The number of benzene rings is 1. The van der Waals surface area contributed by atoms with Crippen molar-refractivity contribution in [2.75, 3.05) is 13.3 Å². The molecule has 0 aliphatic rings. The van der Waals surface area contributed by atoms with E-state index in [1.165, 1.54) is 0 Å². The Labute approximate surface area is 121 Å². The molecule has 19 heavy (non-hydrogen) atoms. The molecule has 104 valence electrons. The lowest BCUT2D eigenvalue weighted by molar-refractivity contribution is -0.142. The van der Waals surface area contributed by atoms with Crippen LogP contribution >= 0.6 is 27.5 Å². The number of hydrogen-bond acceptors (Lipinski definition) is 3. The largest absolute Gasteiger partial charge is 0.482 e. The summed E-state index contributed by atoms with van der Waals surface area (Å²) in [7, 11) is 0. The summed E-state index contributed by atoms with van der Waals surface area (Å²) < 4.78 is 18.1. The lowest BCUT2D eigenvalue weighted by atomic mass is 10.3. The minimum atomic E-state index is -1.57. The first-order valence-corrected chi connectivity index (χ1v) is 6.27. The molecule has 1 aromatic carbocycles. The van der Waals surface area contributed by atoms with E-state index in [9.17, 15) is 14.0 Å². The Balaban J connectivity index is 2.52. The number of rotatable bonds is 6. The molecule has 0 bridgehead atoms. The molecule has 1 unspecified atom stereocenters. The highest BCUT2D eigenvalue weighted by molar-refractivity contribution is 9.10. The Bertz CT molecular complexity index is 486. The molecule has 1 atom stereocenters. The highest BCUT2D eigenvalue weighted by Crippen LogP contribution is 2.27. The van der Waals surface area contributed by atoms with Gasteiger partial charge in [0.25, 0.3) is 5.91 Å². The molecule has 0 saturated heterocycles. The molecular formula is C11H10BrClFNO4. The maximum Gasteiger partial charge on any atom is 0.328 e. The van der Waals surface area contributed by atoms with Crippen LogP contribution in [0.25, 0.3) is 0 Å². The Kier molecular flexibility index (Phi) is 6.04. The van der Waals surface area contributed by atoms with Gasteiger partial charge in [0.05, 0.1) is 5.02 Å². The van der Waals surface area contributed by atoms with Crippen LogP contribution in [0.5, 0.6) is 5.75 Å². The highest BCUT2D eigenvalue weighted by atomic mass is 79.9. The van der Waals surface area contributed by atoms with Gasteiger partial charge in [-0.3, -0.25) is 4.79 Å². The zero-order chi connectivity index (χ0) is 14.4. The van der Waals surface area contributed by atoms with Gasteiger partial charge in [0, 0.05) is 4.47 Å². The zero-order valence-electron chi connectivity index (χ0n) is 9.53. The molecule has 8 heteroatoms. The highest BCUT2D eigenvalue weighted by Gasteiger charge is 2.19. The third kappa shape index (κ3) is 5.04. The smallest absolute Gasteiger partial charge is 0.328 e. The molecule has 0 heterocycles. The van der Waals surface area contributed by atoms with Crippen molar-refractivity contribution in [3.05, 3.63) is 27.7 Å². The lowest BCUT2D eigenvalue weighted by Crippen LogP contribution is -2.44. The molecule has 1 rings (SSSR count). The van der Waals surface area contributed by atoms with Crippen molar-refractivity contribution in [3.8, 4) is 5.75 Å². The van der Waals surface area contributed by atoms with Crippen molar-refractivity contribution in [2.45, 2.75) is 6.04 Å². The number of carboxylic acid groups (broad SMARTS) is 1. The summed E-state index contributed by atoms with van der Waals surface area (Å²) in [6.07, 6.45) is 0. The van der Waals surface area contributed by atoms with Gasteiger partial charge in [0.15, 0.2) is 12.6 Å². The van der Waals surface area contributed by atoms with Crippen LogP contribution in [-0.2, 0) is 9.59 Å². The number of ether oxygens (including phenoxy) is 1. The summed E-state index contributed by atoms with van der Waals surface area (Å²) in [4.78, 5) is 21.9. The topological polar surface area (TPSA) is 75.6 Å². The van der Waals surface area contributed by atoms with Gasteiger partial charge >= 0.3 is 5.97 Å². The van der Waals surface area contributed by atoms with E-state index in [1.54, 1.807) is 18.2 Å². The third-order valence-corrected chi connectivity index (χ3v) is 2.83. The first-order valence-electron chi connectivity index (χ1n) is 5.10. The average molecular weight is 355 g/mol. The minimum absolute atomic E-state index is 0.271. The summed E-state index contributed by atoms with van der Waals surface area (Å²) in [5.41, 5.74) is 0. The van der Waals surface area contributed by atoms with E-state index >= 15 is 0 Å². The molecule has 0 spiro atoms. The van der Waals surface area contributed by atoms with Crippen LogP contribution in [0.2, 0.25) is 5.02 Å². The maximum atomic E-state index is 12.3. The van der Waals surface area contributed by atoms with E-state index in [0.29, 0.717) is 5.02 Å². The van der Waals surface area contributed by atoms with Gasteiger partial charge in [-0.05, 0) is 18.2 Å². The molecule has 1 aromatic rings. The Morgan fingerprint density at radius 1 is 1.53 bits per heavy atom. The standard InChI is InChI=1S/C11H10BrClFNO4/c12-6-1-2-9(7(13)3-6)19-5-10(16)15-8(4-14)11(17)18/h1-3,8H,4-5H2,(H,15,16)(H,17,18). The SMILES string of the molecule is O=C(COc1ccc(Br)cc1Cl)NC(CF)C(=O)O. The second-order valence-electron chi connectivity index (χ2n) is 3.48. The molecule has 0 aliphatic carbocycles. The summed E-state index contributed by atoms with van der Waals surface area (Å²) in [5, 5.41) is 10.8. The summed E-state index contributed by atoms with van der Waals surface area (Å²) in [5.74, 6) is -1.92. The summed E-state index contributed by atoms with van der Waals surface area (Å²) >= 11 is 9.06. The average Bonchev–Trinajstić information content (AvgIpc) is 2.34. The van der Waals surface area contributed by atoms with Crippen molar-refractivity contribution in [3.63, 3.8) is 0 Å². The fraction of sp³-hybridized carbons (Fsp3) is 0.273. The molecular weight excluding hydrogens is 344 g/mol. The number of carbonyl (C=O) groups is 2. The van der Waals surface area contributed by atoms with Crippen LogP contribution < -0.4 is 10.1 Å². The van der Waals surface area contributed by atoms with E-state index in [-0.39, 0.29) is 5.75 Å². The number of carbonyl (C=O) groups excluding carboxylic acids is 1. The van der Waals surface area contributed by atoms with Gasteiger partial charge in [-0.25, -0.2) is 9.18 Å². The van der Waals surface area contributed by atoms with E-state index in [0.717, 1.165) is 4.47 Å². The van der Waals surface area contributed by atoms with Crippen LogP contribution in [0.15, 0.2) is 22.7 Å². The first kappa shape index (κ1) is 15.7. The third-order valence-electron chi connectivity index (χ3n) is 2.04. The molecule has 0 aliphatic heterocycles. The molecule has 0 saturated carbocycles. The normalized spacial score (nSPS) is 11.7. The van der Waals surface area contributed by atoms with E-state index in [2.05, 4.69) is 15.9 Å². The zero-order valence-corrected chi connectivity index (χ0v) is 11.9. The van der Waals surface area contributed by atoms with Crippen LogP contribution in [0.1, 0.15) is 0 Å². The Morgan fingerprint density at radius 3 is 2.74 bits per heavy atom. The fourth-order valence-corrected chi connectivity index (χ4v) is 1.87. The van der Waals surface area contributed by atoms with Gasteiger partial charge in [0.1, 0.15) is 12.4 Å². The predicted octanol–water partition coefficient (Wildman–Crippen LogP) is 2.02. The van der Waals surface area contributed by atoms with Crippen LogP contribution in [-0.4, -0.2) is 36.3 Å². The monoisotopic (exact) mass is 353 g/mol.